The number of anilines is 1. The van der Waals surface area contributed by atoms with E-state index in [1.165, 1.54) is 0 Å². The lowest BCUT2D eigenvalue weighted by Crippen LogP contribution is -2.54. The molecule has 1 N–H and O–H groups in total. The topological polar surface area (TPSA) is 80.4 Å². The van der Waals surface area contributed by atoms with Crippen LogP contribution < -0.4 is 10.2 Å². The lowest BCUT2D eigenvalue weighted by Gasteiger charge is -2.41. The van der Waals surface area contributed by atoms with Crippen molar-refractivity contribution in [2.24, 2.45) is 0 Å². The molecule has 40 heavy (non-hydrogen) atoms. The van der Waals surface area contributed by atoms with E-state index in [0.29, 0.717) is 10.7 Å². The van der Waals surface area contributed by atoms with E-state index >= 15 is 0 Å². The fourth-order valence-corrected chi connectivity index (χ4v) is 6.75. The van der Waals surface area contributed by atoms with Crippen molar-refractivity contribution >= 4 is 34.4 Å². The minimum Gasteiger partial charge on any atom is -0.323 e. The maximum atomic E-state index is 14.4. The largest absolute Gasteiger partial charge is 0.323 e. The number of fused-ring (bicyclic) bond motifs is 2. The van der Waals surface area contributed by atoms with Gasteiger partial charge in [-0.3, -0.25) is 14.1 Å². The van der Waals surface area contributed by atoms with E-state index < -0.39 is 0 Å². The maximum Gasteiger partial charge on any atom is 0.279 e. The summed E-state index contributed by atoms with van der Waals surface area (Å²) in [5.74, 6) is 1.52. The molecule has 2 aliphatic rings. The summed E-state index contributed by atoms with van der Waals surface area (Å²) < 4.78 is 4.21. The van der Waals surface area contributed by atoms with Gasteiger partial charge < -0.3 is 9.88 Å². The molecule has 0 saturated carbocycles. The monoisotopic (exact) mass is 557 g/mol. The molecule has 208 valence electrons. The van der Waals surface area contributed by atoms with Crippen LogP contribution in [0, 0.1) is 13.8 Å². The Kier molecular flexibility index (Phi) is 6.02. The van der Waals surface area contributed by atoms with Gasteiger partial charge in [0, 0.05) is 28.3 Å². The van der Waals surface area contributed by atoms with Gasteiger partial charge in [0.15, 0.2) is 11.3 Å². The second kappa shape index (κ2) is 9.01. The van der Waals surface area contributed by atoms with E-state index in [1.807, 2.05) is 59.7 Å². The van der Waals surface area contributed by atoms with Crippen molar-refractivity contribution in [3.63, 3.8) is 0 Å². The third kappa shape index (κ3) is 4.25. The summed E-state index contributed by atoms with van der Waals surface area (Å²) in [6, 6.07) is 9.49. The first-order valence-electron chi connectivity index (χ1n) is 13.8. The van der Waals surface area contributed by atoms with Crippen molar-refractivity contribution in [3.05, 3.63) is 81.8 Å². The van der Waals surface area contributed by atoms with Crippen molar-refractivity contribution in [1.82, 2.24) is 29.5 Å². The number of aromatic nitrogens is 5. The number of halogens is 1. The molecule has 9 heteroatoms. The summed E-state index contributed by atoms with van der Waals surface area (Å²) in [4.78, 5) is 21.4. The van der Waals surface area contributed by atoms with Crippen molar-refractivity contribution in [3.8, 4) is 0 Å². The van der Waals surface area contributed by atoms with Crippen LogP contribution in [0.3, 0.4) is 0 Å². The molecule has 1 aromatic carbocycles. The lowest BCUT2D eigenvalue weighted by molar-refractivity contribution is 0.0989. The molecule has 0 radical (unpaired) electrons. The van der Waals surface area contributed by atoms with Crippen LogP contribution in [0.1, 0.15) is 99.0 Å². The molecule has 5 heterocycles. The quantitative estimate of drug-likeness (QED) is 0.311. The first-order valence-corrected chi connectivity index (χ1v) is 14.2. The summed E-state index contributed by atoms with van der Waals surface area (Å²) in [5, 5.41) is 12.9. The fraction of sp³-hybridized carbons (Fsp3) is 0.419. The molecule has 0 bridgehead atoms. The highest BCUT2D eigenvalue weighted by Crippen LogP contribution is 2.45. The number of benzene rings is 1. The first kappa shape index (κ1) is 26.7. The SMILES string of the molecule is Cc1cc(N2C(=O)c3nc(C4=CC(C)(C)NC(C)(C)C4)n(C(C)C)c3C2c2ccc(Cl)cc2)cn2c(C)nnc12. The van der Waals surface area contributed by atoms with E-state index in [2.05, 4.69) is 67.7 Å². The molecular weight excluding hydrogens is 522 g/mol. The van der Waals surface area contributed by atoms with E-state index in [-0.39, 0.29) is 29.1 Å². The van der Waals surface area contributed by atoms with Gasteiger partial charge in [-0.15, -0.1) is 10.2 Å². The van der Waals surface area contributed by atoms with Crippen LogP contribution in [-0.4, -0.2) is 41.1 Å². The Morgan fingerprint density at radius 2 is 1.77 bits per heavy atom. The molecule has 1 amide bonds. The van der Waals surface area contributed by atoms with Gasteiger partial charge in [0.2, 0.25) is 0 Å². The number of hydrogen-bond donors (Lipinski definition) is 1. The van der Waals surface area contributed by atoms with Crippen molar-refractivity contribution in [2.75, 3.05) is 4.90 Å². The van der Waals surface area contributed by atoms with Gasteiger partial charge in [-0.25, -0.2) is 4.98 Å². The fourth-order valence-electron chi connectivity index (χ4n) is 6.62. The molecule has 0 aliphatic carbocycles. The van der Waals surface area contributed by atoms with Gasteiger partial charge in [-0.1, -0.05) is 29.8 Å². The number of nitrogens with zero attached hydrogens (tertiary/aromatic N) is 6. The second-order valence-corrected chi connectivity index (χ2v) is 13.1. The second-order valence-electron chi connectivity index (χ2n) is 12.7. The van der Waals surface area contributed by atoms with E-state index in [4.69, 9.17) is 16.6 Å². The lowest BCUT2D eigenvalue weighted by atomic mass is 9.83. The Morgan fingerprint density at radius 1 is 1.07 bits per heavy atom. The zero-order valence-corrected chi connectivity index (χ0v) is 25.1. The Bertz CT molecular complexity index is 1690. The number of carbonyl (C=O) groups excluding carboxylic acids is 1. The molecular formula is C31H36ClN7O. The molecule has 0 spiro atoms. The Labute approximate surface area is 240 Å². The van der Waals surface area contributed by atoms with E-state index in [0.717, 1.165) is 51.8 Å². The van der Waals surface area contributed by atoms with Crippen LogP contribution in [0.4, 0.5) is 5.69 Å². The normalized spacial score (nSPS) is 19.9. The molecule has 4 aromatic rings. The molecule has 0 fully saturated rings. The van der Waals surface area contributed by atoms with Crippen LogP contribution in [-0.2, 0) is 0 Å². The highest BCUT2D eigenvalue weighted by molar-refractivity contribution is 6.30. The molecule has 0 saturated heterocycles. The summed E-state index contributed by atoms with van der Waals surface area (Å²) in [6.07, 6.45) is 5.02. The molecule has 3 aromatic heterocycles. The smallest absolute Gasteiger partial charge is 0.279 e. The summed E-state index contributed by atoms with van der Waals surface area (Å²) >= 11 is 6.30. The number of hydrogen-bond acceptors (Lipinski definition) is 5. The van der Waals surface area contributed by atoms with Crippen LogP contribution in [0.5, 0.6) is 0 Å². The Hall–Kier alpha value is -3.49. The van der Waals surface area contributed by atoms with Crippen LogP contribution in [0.2, 0.25) is 5.02 Å². The van der Waals surface area contributed by atoms with Gasteiger partial charge in [0.25, 0.3) is 5.91 Å². The van der Waals surface area contributed by atoms with Crippen LogP contribution in [0.25, 0.3) is 11.2 Å². The van der Waals surface area contributed by atoms with Gasteiger partial charge in [0.1, 0.15) is 17.7 Å². The minimum atomic E-state index is -0.375. The molecule has 2 aliphatic heterocycles. The number of rotatable bonds is 4. The summed E-state index contributed by atoms with van der Waals surface area (Å²) in [5.41, 5.74) is 5.72. The Balaban J connectivity index is 1.59. The highest BCUT2D eigenvalue weighted by Gasteiger charge is 2.46. The zero-order chi connectivity index (χ0) is 28.7. The molecule has 1 atom stereocenters. The molecule has 8 nitrogen and oxygen atoms in total. The van der Waals surface area contributed by atoms with Gasteiger partial charge in [0.05, 0.1) is 11.4 Å². The predicted molar refractivity (Wildman–Crippen MR) is 159 cm³/mol. The first-order chi connectivity index (χ1) is 18.8. The third-order valence-corrected chi connectivity index (χ3v) is 8.08. The number of aryl methyl sites for hydroxylation is 2. The van der Waals surface area contributed by atoms with E-state index in [1.54, 1.807) is 0 Å². The third-order valence-electron chi connectivity index (χ3n) is 7.83. The molecule has 1 unspecified atom stereocenters. The van der Waals surface area contributed by atoms with Crippen molar-refractivity contribution in [1.29, 1.82) is 0 Å². The van der Waals surface area contributed by atoms with Gasteiger partial charge in [-0.2, -0.15) is 0 Å². The summed E-state index contributed by atoms with van der Waals surface area (Å²) in [7, 11) is 0. The predicted octanol–water partition coefficient (Wildman–Crippen LogP) is 6.46. The Morgan fingerprint density at radius 3 is 2.42 bits per heavy atom. The van der Waals surface area contributed by atoms with Crippen LogP contribution >= 0.6 is 11.6 Å². The van der Waals surface area contributed by atoms with Crippen molar-refractivity contribution < 1.29 is 4.79 Å². The number of pyridine rings is 1. The summed E-state index contributed by atoms with van der Waals surface area (Å²) in [6.45, 7) is 17.0. The standard InChI is InChI=1S/C31H36ClN7O/c1-17(2)38-26-24(33-28(38)21-14-30(5,6)36-31(7,8)15-21)29(40)39(25(26)20-9-11-22(32)12-10-20)23-13-18(3)27-35-34-19(4)37(27)16-23/h9-14,16-17,25,36H,15H2,1-8H3. The average Bonchev–Trinajstić information content (AvgIpc) is 3.50. The maximum absolute atomic E-state index is 14.4. The van der Waals surface area contributed by atoms with Gasteiger partial charge in [-0.05, 0) is 96.7 Å². The number of amides is 1. The highest BCUT2D eigenvalue weighted by atomic mass is 35.5. The molecule has 6 rings (SSSR count). The number of nitrogens with one attached hydrogen (secondary N) is 1. The van der Waals surface area contributed by atoms with E-state index in [9.17, 15) is 4.79 Å². The van der Waals surface area contributed by atoms with Crippen molar-refractivity contribution in [2.45, 2.75) is 85.0 Å². The number of carbonyl (C=O) groups is 1. The minimum absolute atomic E-state index is 0.0834. The average molecular weight is 558 g/mol. The number of imidazole rings is 1. The van der Waals surface area contributed by atoms with Gasteiger partial charge >= 0.3 is 0 Å². The van der Waals surface area contributed by atoms with Crippen LogP contribution in [0.15, 0.2) is 42.6 Å². The zero-order valence-electron chi connectivity index (χ0n) is 24.4.